The Balaban J connectivity index is 2.18. The van der Waals surface area contributed by atoms with Crippen LogP contribution in [0.4, 0.5) is 4.79 Å². The lowest BCUT2D eigenvalue weighted by Crippen LogP contribution is -2.47. The first-order chi connectivity index (χ1) is 9.56. The largest absolute Gasteiger partial charge is 0.336 e. The summed E-state index contributed by atoms with van der Waals surface area (Å²) in [5.41, 5.74) is 0. The summed E-state index contributed by atoms with van der Waals surface area (Å²) in [7, 11) is 0. The van der Waals surface area contributed by atoms with Gasteiger partial charge in [0.25, 0.3) is 0 Å². The third-order valence-electron chi connectivity index (χ3n) is 4.45. The second-order valence-corrected chi connectivity index (χ2v) is 6.19. The molecule has 0 aliphatic carbocycles. The zero-order valence-corrected chi connectivity index (χ0v) is 13.8. The quantitative estimate of drug-likeness (QED) is 0.780. The van der Waals surface area contributed by atoms with Gasteiger partial charge in [-0.15, -0.1) is 0 Å². The smallest absolute Gasteiger partial charge is 0.317 e. The van der Waals surface area contributed by atoms with Crippen LogP contribution in [0, 0.1) is 5.92 Å². The van der Waals surface area contributed by atoms with Gasteiger partial charge in [-0.2, -0.15) is 0 Å². The van der Waals surface area contributed by atoms with Gasteiger partial charge in [0, 0.05) is 19.1 Å². The van der Waals surface area contributed by atoms with Crippen LogP contribution in [0.25, 0.3) is 0 Å². The second kappa shape index (κ2) is 9.22. The molecule has 0 bridgehead atoms. The first-order valence-corrected chi connectivity index (χ1v) is 8.34. The molecule has 0 aromatic heterocycles. The lowest BCUT2D eigenvalue weighted by molar-refractivity contribution is 0.170. The Kier molecular flexibility index (Phi) is 7.97. The summed E-state index contributed by atoms with van der Waals surface area (Å²) >= 11 is 0. The predicted molar refractivity (Wildman–Crippen MR) is 85.0 cm³/mol. The number of hydrogen-bond donors (Lipinski definition) is 1. The van der Waals surface area contributed by atoms with E-state index in [0.29, 0.717) is 0 Å². The summed E-state index contributed by atoms with van der Waals surface area (Å²) in [4.78, 5) is 16.5. The Bertz CT molecular complexity index is 271. The molecule has 2 amide bonds. The maximum atomic E-state index is 12.1. The number of urea groups is 1. The van der Waals surface area contributed by atoms with Crippen molar-refractivity contribution in [2.45, 2.75) is 59.4 Å². The van der Waals surface area contributed by atoms with E-state index in [1.54, 1.807) is 0 Å². The van der Waals surface area contributed by atoms with Crippen LogP contribution in [0.3, 0.4) is 0 Å². The summed E-state index contributed by atoms with van der Waals surface area (Å²) in [6.45, 7) is 14.0. The van der Waals surface area contributed by atoms with Gasteiger partial charge in [0.1, 0.15) is 0 Å². The molecule has 20 heavy (non-hydrogen) atoms. The Morgan fingerprint density at radius 2 is 1.90 bits per heavy atom. The van der Waals surface area contributed by atoms with Crippen molar-refractivity contribution in [1.29, 1.82) is 0 Å². The molecule has 118 valence electrons. The van der Waals surface area contributed by atoms with Crippen molar-refractivity contribution >= 4 is 6.03 Å². The molecule has 1 rings (SSSR count). The Morgan fingerprint density at radius 3 is 2.45 bits per heavy atom. The van der Waals surface area contributed by atoms with Gasteiger partial charge in [-0.3, -0.25) is 0 Å². The SMILES string of the molecule is CCN(CC)CCCC(C)NC(=O)N1CCC(C)CC1. The minimum atomic E-state index is 0.132. The maximum Gasteiger partial charge on any atom is 0.317 e. The molecule has 0 aromatic rings. The molecule has 1 atom stereocenters. The number of carbonyl (C=O) groups is 1. The van der Waals surface area contributed by atoms with Crippen molar-refractivity contribution in [2.24, 2.45) is 5.92 Å². The van der Waals surface area contributed by atoms with Gasteiger partial charge in [-0.25, -0.2) is 4.79 Å². The van der Waals surface area contributed by atoms with Crippen LogP contribution in [0.15, 0.2) is 0 Å². The van der Waals surface area contributed by atoms with Crippen LogP contribution < -0.4 is 5.32 Å². The Morgan fingerprint density at radius 1 is 1.30 bits per heavy atom. The summed E-state index contributed by atoms with van der Waals surface area (Å²) in [6, 6.07) is 0.407. The molecular weight excluding hydrogens is 250 g/mol. The molecule has 1 unspecified atom stereocenters. The second-order valence-electron chi connectivity index (χ2n) is 6.19. The van der Waals surface area contributed by atoms with Crippen LogP contribution in [0.2, 0.25) is 0 Å². The van der Waals surface area contributed by atoms with E-state index in [2.05, 4.69) is 37.9 Å². The molecule has 1 aliphatic rings. The third-order valence-corrected chi connectivity index (χ3v) is 4.45. The molecule has 1 aliphatic heterocycles. The molecule has 4 nitrogen and oxygen atoms in total. The number of nitrogens with one attached hydrogen (secondary N) is 1. The number of likely N-dealkylation sites (tertiary alicyclic amines) is 1. The molecule has 4 heteroatoms. The minimum absolute atomic E-state index is 0.132. The average Bonchev–Trinajstić information content (AvgIpc) is 2.44. The van der Waals surface area contributed by atoms with Gasteiger partial charge in [-0.1, -0.05) is 20.8 Å². The molecule has 0 spiro atoms. The fraction of sp³-hybridized carbons (Fsp3) is 0.938. The van der Waals surface area contributed by atoms with Crippen molar-refractivity contribution in [3.05, 3.63) is 0 Å². The van der Waals surface area contributed by atoms with Gasteiger partial charge < -0.3 is 15.1 Å². The summed E-state index contributed by atoms with van der Waals surface area (Å²) in [6.07, 6.45) is 4.50. The summed E-state index contributed by atoms with van der Waals surface area (Å²) in [5, 5.41) is 3.14. The Labute approximate surface area is 124 Å². The zero-order valence-electron chi connectivity index (χ0n) is 13.8. The number of rotatable bonds is 7. The van der Waals surface area contributed by atoms with E-state index >= 15 is 0 Å². The highest BCUT2D eigenvalue weighted by Crippen LogP contribution is 2.16. The van der Waals surface area contributed by atoms with Crippen LogP contribution in [-0.4, -0.2) is 54.6 Å². The fourth-order valence-electron chi connectivity index (χ4n) is 2.75. The lowest BCUT2D eigenvalue weighted by Gasteiger charge is -2.31. The molecule has 1 fully saturated rings. The summed E-state index contributed by atoms with van der Waals surface area (Å²) in [5.74, 6) is 0.769. The van der Waals surface area contributed by atoms with E-state index in [1.165, 1.54) is 0 Å². The Hall–Kier alpha value is -0.770. The molecule has 1 saturated heterocycles. The zero-order chi connectivity index (χ0) is 15.0. The third kappa shape index (κ3) is 6.12. The minimum Gasteiger partial charge on any atom is -0.336 e. The van der Waals surface area contributed by atoms with E-state index in [0.717, 1.165) is 64.3 Å². The van der Waals surface area contributed by atoms with Gasteiger partial charge in [-0.05, 0) is 58.2 Å². The van der Waals surface area contributed by atoms with Crippen LogP contribution in [0.1, 0.15) is 53.4 Å². The van der Waals surface area contributed by atoms with E-state index < -0.39 is 0 Å². The van der Waals surface area contributed by atoms with Crippen molar-refractivity contribution in [3.63, 3.8) is 0 Å². The predicted octanol–water partition coefficient (Wildman–Crippen LogP) is 2.94. The van der Waals surface area contributed by atoms with Crippen molar-refractivity contribution in [2.75, 3.05) is 32.7 Å². The van der Waals surface area contributed by atoms with E-state index in [9.17, 15) is 4.79 Å². The normalized spacial score (nSPS) is 18.4. The number of nitrogens with zero attached hydrogens (tertiary/aromatic N) is 2. The van der Waals surface area contributed by atoms with E-state index in [1.807, 2.05) is 4.90 Å². The molecule has 1 heterocycles. The van der Waals surface area contributed by atoms with Crippen LogP contribution in [-0.2, 0) is 0 Å². The molecule has 0 radical (unpaired) electrons. The number of carbonyl (C=O) groups excluding carboxylic acids is 1. The lowest BCUT2D eigenvalue weighted by atomic mass is 10.00. The van der Waals surface area contributed by atoms with Crippen molar-refractivity contribution in [1.82, 2.24) is 15.1 Å². The van der Waals surface area contributed by atoms with Crippen molar-refractivity contribution < 1.29 is 4.79 Å². The summed E-state index contributed by atoms with van der Waals surface area (Å²) < 4.78 is 0. The molecular formula is C16H33N3O. The maximum absolute atomic E-state index is 12.1. The van der Waals surface area contributed by atoms with Gasteiger partial charge >= 0.3 is 6.03 Å². The number of hydrogen-bond acceptors (Lipinski definition) is 2. The first-order valence-electron chi connectivity index (χ1n) is 8.34. The van der Waals surface area contributed by atoms with Crippen LogP contribution in [0.5, 0.6) is 0 Å². The van der Waals surface area contributed by atoms with E-state index in [4.69, 9.17) is 0 Å². The topological polar surface area (TPSA) is 35.6 Å². The molecule has 1 N–H and O–H groups in total. The van der Waals surface area contributed by atoms with Gasteiger partial charge in [0.2, 0.25) is 0 Å². The molecule has 0 aromatic carbocycles. The number of piperidine rings is 1. The van der Waals surface area contributed by atoms with E-state index in [-0.39, 0.29) is 12.1 Å². The first kappa shape index (κ1) is 17.3. The van der Waals surface area contributed by atoms with Crippen LogP contribution >= 0.6 is 0 Å². The standard InChI is InChI=1S/C16H33N3O/c1-5-18(6-2)11-7-8-15(4)17-16(20)19-12-9-14(3)10-13-19/h14-15H,5-13H2,1-4H3,(H,17,20). The fourth-order valence-corrected chi connectivity index (χ4v) is 2.75. The highest BCUT2D eigenvalue weighted by atomic mass is 16.2. The highest BCUT2D eigenvalue weighted by Gasteiger charge is 2.21. The highest BCUT2D eigenvalue weighted by molar-refractivity contribution is 5.74. The molecule has 0 saturated carbocycles. The van der Waals surface area contributed by atoms with Gasteiger partial charge in [0.15, 0.2) is 0 Å². The average molecular weight is 283 g/mol. The monoisotopic (exact) mass is 283 g/mol. The van der Waals surface area contributed by atoms with Crippen molar-refractivity contribution in [3.8, 4) is 0 Å². The number of amides is 2. The van der Waals surface area contributed by atoms with Gasteiger partial charge in [0.05, 0.1) is 0 Å².